The van der Waals surface area contributed by atoms with Gasteiger partial charge in [-0.2, -0.15) is 4.31 Å². The minimum absolute atomic E-state index is 0.376. The summed E-state index contributed by atoms with van der Waals surface area (Å²) < 4.78 is 32.1. The zero-order valence-corrected chi connectivity index (χ0v) is 16.1. The van der Waals surface area contributed by atoms with Gasteiger partial charge < -0.3 is 4.74 Å². The van der Waals surface area contributed by atoms with Gasteiger partial charge in [0.25, 0.3) is 0 Å². The Kier molecular flexibility index (Phi) is 5.45. The molecule has 0 unspecified atom stereocenters. The Balaban J connectivity index is 1.40. The van der Waals surface area contributed by atoms with Crippen molar-refractivity contribution >= 4 is 16.1 Å². The van der Waals surface area contributed by atoms with E-state index < -0.39 is 10.0 Å². The van der Waals surface area contributed by atoms with Gasteiger partial charge in [-0.15, -0.1) is 0 Å². The predicted octanol–water partition coefficient (Wildman–Crippen LogP) is 2.74. The summed E-state index contributed by atoms with van der Waals surface area (Å²) in [7, 11) is -3.40. The van der Waals surface area contributed by atoms with Crippen LogP contribution in [0.2, 0.25) is 0 Å². The molecule has 1 aromatic carbocycles. The Morgan fingerprint density at radius 1 is 0.962 bits per heavy atom. The van der Waals surface area contributed by atoms with Gasteiger partial charge in [-0.25, -0.2) is 8.42 Å². The second-order valence-corrected chi connectivity index (χ2v) is 9.45. The highest BCUT2D eigenvalue weighted by atomic mass is 32.2. The zero-order valence-electron chi connectivity index (χ0n) is 15.3. The van der Waals surface area contributed by atoms with Crippen LogP contribution in [0.4, 0.5) is 0 Å². The number of hydrogen-bond donors (Lipinski definition) is 0. The van der Waals surface area contributed by atoms with Crippen LogP contribution in [-0.2, 0) is 14.8 Å². The van der Waals surface area contributed by atoms with E-state index in [2.05, 4.69) is 11.0 Å². The van der Waals surface area contributed by atoms with Gasteiger partial charge in [0.05, 0.1) is 18.1 Å². The molecule has 0 atom stereocenters. The fourth-order valence-electron chi connectivity index (χ4n) is 3.98. The maximum absolute atomic E-state index is 12.7. The lowest BCUT2D eigenvalue weighted by molar-refractivity contribution is 0.0730. The molecule has 0 N–H and O–H groups in total. The molecule has 4 rings (SSSR count). The first-order chi connectivity index (χ1) is 12.6. The van der Waals surface area contributed by atoms with E-state index in [0.717, 1.165) is 24.4 Å². The standard InChI is InChI=1S/C20H28N2O3S/c23-26(24,22-12-14-25-15-13-22)20-6-4-17(5-7-20)16-18-8-10-21(11-9-18)19-2-1-3-19/h4-7,16,19H,1-3,8-15H2. The number of benzene rings is 1. The van der Waals surface area contributed by atoms with Gasteiger partial charge in [-0.3, -0.25) is 4.90 Å². The summed E-state index contributed by atoms with van der Waals surface area (Å²) in [6.45, 7) is 4.15. The molecular formula is C20H28N2O3S. The van der Waals surface area contributed by atoms with Crippen molar-refractivity contribution < 1.29 is 13.2 Å². The largest absolute Gasteiger partial charge is 0.379 e. The second-order valence-electron chi connectivity index (χ2n) is 7.51. The fraction of sp³-hybridized carbons (Fsp3) is 0.600. The monoisotopic (exact) mass is 376 g/mol. The zero-order chi connectivity index (χ0) is 18.0. The molecule has 2 heterocycles. The smallest absolute Gasteiger partial charge is 0.243 e. The first kappa shape index (κ1) is 18.2. The van der Waals surface area contributed by atoms with Crippen LogP contribution in [-0.4, -0.2) is 63.1 Å². The number of piperidine rings is 1. The van der Waals surface area contributed by atoms with E-state index >= 15 is 0 Å². The summed E-state index contributed by atoms with van der Waals surface area (Å²) in [5.41, 5.74) is 2.57. The van der Waals surface area contributed by atoms with E-state index in [-0.39, 0.29) is 0 Å². The highest BCUT2D eigenvalue weighted by Gasteiger charge is 2.27. The molecule has 3 fully saturated rings. The van der Waals surface area contributed by atoms with Gasteiger partial charge in [-0.1, -0.05) is 30.2 Å². The van der Waals surface area contributed by atoms with Crippen LogP contribution in [0.15, 0.2) is 34.7 Å². The lowest BCUT2D eigenvalue weighted by Crippen LogP contribution is -2.43. The van der Waals surface area contributed by atoms with Gasteiger partial charge in [0.1, 0.15) is 0 Å². The quantitative estimate of drug-likeness (QED) is 0.811. The highest BCUT2D eigenvalue weighted by molar-refractivity contribution is 7.89. The van der Waals surface area contributed by atoms with E-state index in [0.29, 0.717) is 31.2 Å². The van der Waals surface area contributed by atoms with Crippen LogP contribution < -0.4 is 0 Å². The van der Waals surface area contributed by atoms with Gasteiger partial charge in [0.15, 0.2) is 0 Å². The van der Waals surface area contributed by atoms with Crippen LogP contribution >= 0.6 is 0 Å². The normalized spacial score (nSPS) is 23.6. The molecule has 26 heavy (non-hydrogen) atoms. The number of sulfonamides is 1. The van der Waals surface area contributed by atoms with Crippen molar-refractivity contribution in [3.8, 4) is 0 Å². The van der Waals surface area contributed by atoms with Crippen molar-refractivity contribution in [2.24, 2.45) is 0 Å². The van der Waals surface area contributed by atoms with E-state index in [1.54, 1.807) is 12.1 Å². The van der Waals surface area contributed by atoms with E-state index in [4.69, 9.17) is 4.74 Å². The third-order valence-corrected chi connectivity index (χ3v) is 7.80. The molecule has 0 aromatic heterocycles. The van der Waals surface area contributed by atoms with Gasteiger partial charge >= 0.3 is 0 Å². The van der Waals surface area contributed by atoms with Crippen LogP contribution in [0.25, 0.3) is 6.08 Å². The number of likely N-dealkylation sites (tertiary alicyclic amines) is 1. The van der Waals surface area contributed by atoms with Crippen molar-refractivity contribution in [3.05, 3.63) is 35.4 Å². The maximum Gasteiger partial charge on any atom is 0.243 e. The average molecular weight is 377 g/mol. The van der Waals surface area contributed by atoms with E-state index in [1.807, 2.05) is 12.1 Å². The molecule has 0 bridgehead atoms. The molecule has 3 aliphatic rings. The molecule has 142 valence electrons. The molecule has 1 aliphatic carbocycles. The van der Waals surface area contributed by atoms with E-state index in [1.165, 1.54) is 42.2 Å². The molecule has 0 spiro atoms. The van der Waals surface area contributed by atoms with Crippen molar-refractivity contribution in [3.63, 3.8) is 0 Å². The van der Waals surface area contributed by atoms with Gasteiger partial charge in [-0.05, 0) is 43.4 Å². The maximum atomic E-state index is 12.7. The molecule has 5 nitrogen and oxygen atoms in total. The first-order valence-corrected chi connectivity index (χ1v) is 11.2. The SMILES string of the molecule is O=S(=O)(c1ccc(C=C2CCN(C3CCC3)CC2)cc1)N1CCOCC1. The van der Waals surface area contributed by atoms with Crippen molar-refractivity contribution in [2.75, 3.05) is 39.4 Å². The first-order valence-electron chi connectivity index (χ1n) is 9.74. The highest BCUT2D eigenvalue weighted by Crippen LogP contribution is 2.29. The Hall–Kier alpha value is -1.21. The Labute approximate surface area is 156 Å². The number of hydrogen-bond acceptors (Lipinski definition) is 4. The second kappa shape index (κ2) is 7.80. The van der Waals surface area contributed by atoms with Crippen LogP contribution in [0.3, 0.4) is 0 Å². The fourth-order valence-corrected chi connectivity index (χ4v) is 5.39. The third-order valence-electron chi connectivity index (χ3n) is 5.89. The summed E-state index contributed by atoms with van der Waals surface area (Å²) >= 11 is 0. The Morgan fingerprint density at radius 3 is 2.19 bits per heavy atom. The Bertz CT molecular complexity index is 738. The lowest BCUT2D eigenvalue weighted by atomic mass is 9.89. The van der Waals surface area contributed by atoms with Crippen LogP contribution in [0, 0.1) is 0 Å². The molecule has 0 amide bonds. The number of morpholine rings is 1. The topological polar surface area (TPSA) is 49.9 Å². The summed E-state index contributed by atoms with van der Waals surface area (Å²) in [5.74, 6) is 0. The van der Waals surface area contributed by atoms with Gasteiger partial charge in [0.2, 0.25) is 10.0 Å². The number of ether oxygens (including phenoxy) is 1. The molecular weight excluding hydrogens is 348 g/mol. The van der Waals surface area contributed by atoms with Crippen molar-refractivity contribution in [2.45, 2.75) is 43.0 Å². The summed E-state index contributed by atoms with van der Waals surface area (Å²) in [6, 6.07) is 8.17. The van der Waals surface area contributed by atoms with Crippen molar-refractivity contribution in [1.29, 1.82) is 0 Å². The Morgan fingerprint density at radius 2 is 1.62 bits per heavy atom. The number of rotatable bonds is 4. The van der Waals surface area contributed by atoms with Crippen molar-refractivity contribution in [1.82, 2.24) is 9.21 Å². The minimum Gasteiger partial charge on any atom is -0.379 e. The van der Waals surface area contributed by atoms with E-state index in [9.17, 15) is 8.42 Å². The molecule has 6 heteroatoms. The summed E-state index contributed by atoms with van der Waals surface area (Å²) in [6.07, 6.45) is 8.64. The molecule has 1 saturated carbocycles. The predicted molar refractivity (Wildman–Crippen MR) is 102 cm³/mol. The third kappa shape index (κ3) is 3.88. The molecule has 2 saturated heterocycles. The summed E-state index contributed by atoms with van der Waals surface area (Å²) in [5, 5.41) is 0. The van der Waals surface area contributed by atoms with Gasteiger partial charge in [0, 0.05) is 32.2 Å². The molecule has 2 aliphatic heterocycles. The van der Waals surface area contributed by atoms with Crippen LogP contribution in [0.5, 0.6) is 0 Å². The average Bonchev–Trinajstić information content (AvgIpc) is 2.63. The molecule has 0 radical (unpaired) electrons. The van der Waals surface area contributed by atoms with Crippen LogP contribution in [0.1, 0.15) is 37.7 Å². The number of nitrogens with zero attached hydrogens (tertiary/aromatic N) is 2. The summed E-state index contributed by atoms with van der Waals surface area (Å²) in [4.78, 5) is 3.01. The molecule has 1 aromatic rings. The lowest BCUT2D eigenvalue weighted by Gasteiger charge is -2.40. The minimum atomic E-state index is -3.40.